The molecule has 6 heteroatoms. The van der Waals surface area contributed by atoms with E-state index in [1.165, 1.54) is 0 Å². The maximum absolute atomic E-state index is 12.5. The van der Waals surface area contributed by atoms with Crippen LogP contribution in [0.2, 0.25) is 5.02 Å². The number of halogens is 1. The molecule has 0 N–H and O–H groups in total. The molecule has 0 saturated heterocycles. The van der Waals surface area contributed by atoms with Crippen LogP contribution in [0.15, 0.2) is 36.4 Å². The van der Waals surface area contributed by atoms with Crippen LogP contribution in [0.1, 0.15) is 11.1 Å². The smallest absolute Gasteiger partial charge is 0.127 e. The van der Waals surface area contributed by atoms with Gasteiger partial charge in [0.25, 0.3) is 0 Å². The molecule has 0 spiro atoms. The molecule has 0 aromatic heterocycles. The Balaban J connectivity index is 1.95. The molecule has 1 aliphatic heterocycles. The Labute approximate surface area is 143 Å². The predicted molar refractivity (Wildman–Crippen MR) is 93.9 cm³/mol. The number of methoxy groups -OCH3 is 2. The summed E-state index contributed by atoms with van der Waals surface area (Å²) in [5, 5.41) is 0.707. The van der Waals surface area contributed by atoms with Gasteiger partial charge in [0.05, 0.1) is 26.5 Å². The number of hydrogen-bond donors (Lipinski definition) is 0. The van der Waals surface area contributed by atoms with Crippen molar-refractivity contribution in [2.24, 2.45) is 0 Å². The summed E-state index contributed by atoms with van der Waals surface area (Å²) >= 11 is 6.07. The molecule has 0 bridgehead atoms. The highest BCUT2D eigenvalue weighted by molar-refractivity contribution is 7.86. The van der Waals surface area contributed by atoms with Crippen LogP contribution < -0.4 is 13.8 Å². The third kappa shape index (κ3) is 3.31. The van der Waals surface area contributed by atoms with Gasteiger partial charge in [0, 0.05) is 22.4 Å². The van der Waals surface area contributed by atoms with E-state index in [2.05, 4.69) is 0 Å². The first-order chi connectivity index (χ1) is 11.1. The summed E-state index contributed by atoms with van der Waals surface area (Å²) in [6.07, 6.45) is 0.777. The molecule has 23 heavy (non-hydrogen) atoms. The number of aryl methyl sites for hydroxylation is 1. The normalized spacial score (nSPS) is 16.8. The molecule has 1 atom stereocenters. The van der Waals surface area contributed by atoms with Crippen molar-refractivity contribution < 1.29 is 13.7 Å². The molecule has 0 radical (unpaired) electrons. The Hall–Kier alpha value is -1.72. The van der Waals surface area contributed by atoms with Crippen LogP contribution in [-0.2, 0) is 24.0 Å². The first kappa shape index (κ1) is 16.1. The molecule has 0 aliphatic carbocycles. The number of hydrogen-bond acceptors (Lipinski definition) is 3. The fourth-order valence-corrected chi connectivity index (χ4v) is 4.20. The number of rotatable bonds is 4. The highest BCUT2D eigenvalue weighted by Crippen LogP contribution is 2.33. The maximum atomic E-state index is 12.5. The van der Waals surface area contributed by atoms with Crippen LogP contribution >= 0.6 is 11.6 Å². The lowest BCUT2D eigenvalue weighted by Crippen LogP contribution is -2.32. The van der Waals surface area contributed by atoms with Crippen LogP contribution in [0.5, 0.6) is 11.5 Å². The van der Waals surface area contributed by atoms with E-state index in [0.29, 0.717) is 17.3 Å². The molecule has 1 heterocycles. The van der Waals surface area contributed by atoms with Gasteiger partial charge in [-0.1, -0.05) is 11.6 Å². The lowest BCUT2D eigenvalue weighted by molar-refractivity contribution is 0.391. The van der Waals surface area contributed by atoms with Gasteiger partial charge < -0.3 is 9.47 Å². The lowest BCUT2D eigenvalue weighted by atomic mass is 10.1. The number of fused-ring (bicyclic) bond motifs is 1. The molecular formula is C17H18ClNO3S. The lowest BCUT2D eigenvalue weighted by Gasteiger charge is -2.30. The minimum Gasteiger partial charge on any atom is -0.497 e. The zero-order valence-electron chi connectivity index (χ0n) is 13.0. The van der Waals surface area contributed by atoms with Gasteiger partial charge in [-0.3, -0.25) is 4.31 Å². The van der Waals surface area contributed by atoms with E-state index in [1.54, 1.807) is 14.2 Å². The topological polar surface area (TPSA) is 38.8 Å². The quantitative estimate of drug-likeness (QED) is 0.845. The number of benzene rings is 2. The van der Waals surface area contributed by atoms with Gasteiger partial charge in [-0.05, 0) is 42.3 Å². The molecule has 4 nitrogen and oxygen atoms in total. The van der Waals surface area contributed by atoms with Gasteiger partial charge >= 0.3 is 0 Å². The summed E-state index contributed by atoms with van der Waals surface area (Å²) < 4.78 is 25.1. The van der Waals surface area contributed by atoms with Gasteiger partial charge in [-0.15, -0.1) is 0 Å². The fourth-order valence-electron chi connectivity index (χ4n) is 2.71. The van der Waals surface area contributed by atoms with Gasteiger partial charge in [0.1, 0.15) is 22.5 Å². The highest BCUT2D eigenvalue weighted by atomic mass is 35.5. The van der Waals surface area contributed by atoms with Crippen molar-refractivity contribution in [1.82, 2.24) is 0 Å². The molecule has 2 aromatic carbocycles. The van der Waals surface area contributed by atoms with Crippen molar-refractivity contribution in [2.45, 2.75) is 13.0 Å². The molecule has 2 aromatic rings. The Morgan fingerprint density at radius 2 is 2.00 bits per heavy atom. The van der Waals surface area contributed by atoms with Crippen LogP contribution in [0.3, 0.4) is 0 Å². The van der Waals surface area contributed by atoms with Crippen molar-refractivity contribution in [3.05, 3.63) is 52.5 Å². The first-order valence-corrected chi connectivity index (χ1v) is 8.93. The zero-order chi connectivity index (χ0) is 16.4. The zero-order valence-corrected chi connectivity index (χ0v) is 14.6. The molecular weight excluding hydrogens is 334 g/mol. The van der Waals surface area contributed by atoms with E-state index in [1.807, 2.05) is 40.7 Å². The van der Waals surface area contributed by atoms with Crippen LogP contribution in [0.4, 0.5) is 5.69 Å². The molecule has 1 unspecified atom stereocenters. The standard InChI is InChI=1S/C17H18ClNO3S/c1-21-15-5-3-13(17(10-15)22-2)11-19-16-6-4-14(18)9-12(16)7-8-23(19)20/h3-6,9-10H,7-8,11H2,1-2H3. The summed E-state index contributed by atoms with van der Waals surface area (Å²) in [6.45, 7) is 0.508. The van der Waals surface area contributed by atoms with E-state index in [4.69, 9.17) is 21.1 Å². The second kappa shape index (κ2) is 6.81. The Kier molecular flexibility index (Phi) is 4.78. The summed E-state index contributed by atoms with van der Waals surface area (Å²) in [7, 11) is 2.18. The molecule has 0 amide bonds. The summed E-state index contributed by atoms with van der Waals surface area (Å²) in [6, 6.07) is 11.4. The van der Waals surface area contributed by atoms with Crippen molar-refractivity contribution in [2.75, 3.05) is 24.3 Å². The number of anilines is 1. The summed E-state index contributed by atoms with van der Waals surface area (Å²) in [5.74, 6) is 2.06. The van der Waals surface area contributed by atoms with Crippen molar-refractivity contribution in [3.8, 4) is 11.5 Å². The maximum Gasteiger partial charge on any atom is 0.127 e. The highest BCUT2D eigenvalue weighted by Gasteiger charge is 2.24. The Bertz CT molecular complexity index is 751. The van der Waals surface area contributed by atoms with Crippen LogP contribution in [0, 0.1) is 0 Å². The largest absolute Gasteiger partial charge is 0.497 e. The van der Waals surface area contributed by atoms with Crippen molar-refractivity contribution >= 4 is 28.3 Å². The van der Waals surface area contributed by atoms with Gasteiger partial charge in [0.2, 0.25) is 0 Å². The average Bonchev–Trinajstić information content (AvgIpc) is 2.57. The second-order valence-electron chi connectivity index (χ2n) is 5.26. The van der Waals surface area contributed by atoms with Crippen LogP contribution in [-0.4, -0.2) is 24.2 Å². The van der Waals surface area contributed by atoms with Crippen LogP contribution in [0.25, 0.3) is 0 Å². The SMILES string of the molecule is COc1ccc(CN2c3ccc(Cl)cc3CCS2=O)c(OC)c1. The molecule has 122 valence electrons. The minimum atomic E-state index is -1.06. The molecule has 1 aliphatic rings. The Morgan fingerprint density at radius 1 is 1.17 bits per heavy atom. The van der Waals surface area contributed by atoms with Crippen molar-refractivity contribution in [3.63, 3.8) is 0 Å². The number of nitrogens with zero attached hydrogens (tertiary/aromatic N) is 1. The predicted octanol–water partition coefficient (Wildman–Crippen LogP) is 3.58. The summed E-state index contributed by atoms with van der Waals surface area (Å²) in [4.78, 5) is 0. The van der Waals surface area contributed by atoms with E-state index in [0.717, 1.165) is 34.7 Å². The second-order valence-corrected chi connectivity index (χ2v) is 7.19. The van der Waals surface area contributed by atoms with Gasteiger partial charge in [0.15, 0.2) is 0 Å². The van der Waals surface area contributed by atoms with Crippen molar-refractivity contribution in [1.29, 1.82) is 0 Å². The Morgan fingerprint density at radius 3 is 2.74 bits per heavy atom. The first-order valence-electron chi connectivity index (χ1n) is 7.27. The summed E-state index contributed by atoms with van der Waals surface area (Å²) in [5.41, 5.74) is 3.06. The van der Waals surface area contributed by atoms with E-state index in [-0.39, 0.29) is 0 Å². The monoisotopic (exact) mass is 351 g/mol. The average molecular weight is 352 g/mol. The minimum absolute atomic E-state index is 0.508. The van der Waals surface area contributed by atoms with E-state index < -0.39 is 11.0 Å². The number of ether oxygens (including phenoxy) is 2. The fraction of sp³-hybridized carbons (Fsp3) is 0.294. The molecule has 0 fully saturated rings. The van der Waals surface area contributed by atoms with Gasteiger partial charge in [-0.25, -0.2) is 4.21 Å². The van der Waals surface area contributed by atoms with Gasteiger partial charge in [-0.2, -0.15) is 0 Å². The van der Waals surface area contributed by atoms with E-state index >= 15 is 0 Å². The third-order valence-corrected chi connectivity index (χ3v) is 5.52. The van der Waals surface area contributed by atoms with E-state index in [9.17, 15) is 4.21 Å². The molecule has 3 rings (SSSR count). The third-order valence-electron chi connectivity index (χ3n) is 3.91. The molecule has 0 saturated carbocycles.